The number of nitrogens with zero attached hydrogens (tertiary/aromatic N) is 3. The van der Waals surface area contributed by atoms with E-state index < -0.39 is 0 Å². The lowest BCUT2D eigenvalue weighted by molar-refractivity contribution is -0.130. The molecule has 1 N–H and O–H groups in total. The van der Waals surface area contributed by atoms with Gasteiger partial charge in [-0.2, -0.15) is 0 Å². The minimum atomic E-state index is -0.339. The van der Waals surface area contributed by atoms with Gasteiger partial charge in [-0.05, 0) is 24.3 Å². The lowest BCUT2D eigenvalue weighted by Crippen LogP contribution is -2.51. The van der Waals surface area contributed by atoms with Gasteiger partial charge in [-0.25, -0.2) is 0 Å². The molecule has 2 amide bonds. The number of nitrogens with one attached hydrogen (secondary N) is 1. The zero-order chi connectivity index (χ0) is 17.6. The van der Waals surface area contributed by atoms with E-state index in [2.05, 4.69) is 15.2 Å². The topological polar surface area (TPSA) is 65.5 Å². The number of halogens is 1. The van der Waals surface area contributed by atoms with E-state index in [0.29, 0.717) is 23.7 Å². The van der Waals surface area contributed by atoms with E-state index in [9.17, 15) is 9.59 Å². The number of rotatable bonds is 4. The first-order valence-corrected chi connectivity index (χ1v) is 8.48. The minimum absolute atomic E-state index is 0.0285. The Bertz CT molecular complexity index is 746. The molecule has 0 saturated carbocycles. The zero-order valence-electron chi connectivity index (χ0n) is 13.7. The van der Waals surface area contributed by atoms with E-state index in [0.717, 1.165) is 18.8 Å². The van der Waals surface area contributed by atoms with Gasteiger partial charge in [-0.1, -0.05) is 23.7 Å². The molecule has 1 saturated heterocycles. The van der Waals surface area contributed by atoms with E-state index >= 15 is 0 Å². The molecule has 25 heavy (non-hydrogen) atoms. The largest absolute Gasteiger partial charge is 0.368 e. The van der Waals surface area contributed by atoms with E-state index in [-0.39, 0.29) is 18.4 Å². The maximum absolute atomic E-state index is 12.3. The number of pyridine rings is 1. The molecule has 0 atom stereocenters. The van der Waals surface area contributed by atoms with E-state index in [1.54, 1.807) is 41.6 Å². The number of carbonyl (C=O) groups excluding carboxylic acids is 2. The first-order valence-electron chi connectivity index (χ1n) is 8.10. The fraction of sp³-hybridized carbons (Fsp3) is 0.278. The van der Waals surface area contributed by atoms with Crippen LogP contribution in [0.5, 0.6) is 0 Å². The zero-order valence-corrected chi connectivity index (χ0v) is 14.4. The second kappa shape index (κ2) is 7.98. The summed E-state index contributed by atoms with van der Waals surface area (Å²) in [5.74, 6) is -0.427. The summed E-state index contributed by atoms with van der Waals surface area (Å²) in [7, 11) is 0. The summed E-state index contributed by atoms with van der Waals surface area (Å²) < 4.78 is 0. The number of benzene rings is 1. The Morgan fingerprint density at radius 3 is 2.40 bits per heavy atom. The second-order valence-electron chi connectivity index (χ2n) is 5.74. The molecule has 1 aliphatic rings. The van der Waals surface area contributed by atoms with Crippen LogP contribution in [0.2, 0.25) is 5.02 Å². The second-order valence-corrected chi connectivity index (χ2v) is 6.14. The summed E-state index contributed by atoms with van der Waals surface area (Å²) in [6, 6.07) is 10.7. The average Bonchev–Trinajstić information content (AvgIpc) is 2.67. The summed E-state index contributed by atoms with van der Waals surface area (Å²) in [5, 5.41) is 3.02. The lowest BCUT2D eigenvalue weighted by Gasteiger charge is -2.36. The molecule has 0 radical (unpaired) electrons. The van der Waals surface area contributed by atoms with Crippen LogP contribution in [0.1, 0.15) is 10.4 Å². The minimum Gasteiger partial charge on any atom is -0.368 e. The summed E-state index contributed by atoms with van der Waals surface area (Å²) in [5.41, 5.74) is 1.48. The third kappa shape index (κ3) is 4.28. The quantitative estimate of drug-likeness (QED) is 0.905. The van der Waals surface area contributed by atoms with Crippen molar-refractivity contribution < 1.29 is 9.59 Å². The van der Waals surface area contributed by atoms with Crippen LogP contribution in [0.3, 0.4) is 0 Å². The lowest BCUT2D eigenvalue weighted by atomic mass is 10.2. The number of piperazine rings is 1. The van der Waals surface area contributed by atoms with Gasteiger partial charge in [0.1, 0.15) is 0 Å². The van der Waals surface area contributed by atoms with Gasteiger partial charge >= 0.3 is 0 Å². The highest BCUT2D eigenvalue weighted by molar-refractivity contribution is 6.33. The van der Waals surface area contributed by atoms with Crippen LogP contribution < -0.4 is 10.2 Å². The van der Waals surface area contributed by atoms with Gasteiger partial charge in [0.05, 0.1) is 17.1 Å². The maximum atomic E-state index is 12.3. The van der Waals surface area contributed by atoms with Gasteiger partial charge in [0.2, 0.25) is 5.91 Å². The molecule has 2 aromatic rings. The summed E-state index contributed by atoms with van der Waals surface area (Å²) in [4.78, 5) is 32.4. The highest BCUT2D eigenvalue weighted by Crippen LogP contribution is 2.15. The van der Waals surface area contributed by atoms with Gasteiger partial charge in [0.15, 0.2) is 0 Å². The number of aromatic nitrogens is 1. The molecule has 6 nitrogen and oxygen atoms in total. The van der Waals surface area contributed by atoms with Crippen molar-refractivity contribution >= 4 is 29.1 Å². The van der Waals surface area contributed by atoms with Crippen LogP contribution in [-0.4, -0.2) is 54.4 Å². The fourth-order valence-corrected chi connectivity index (χ4v) is 3.00. The van der Waals surface area contributed by atoms with E-state index in [1.807, 2.05) is 12.1 Å². The smallest absolute Gasteiger partial charge is 0.253 e. The van der Waals surface area contributed by atoms with Crippen molar-refractivity contribution in [1.82, 2.24) is 15.2 Å². The fourth-order valence-electron chi connectivity index (χ4n) is 2.78. The normalized spacial score (nSPS) is 14.3. The van der Waals surface area contributed by atoms with Gasteiger partial charge in [-0.15, -0.1) is 0 Å². The molecule has 0 bridgehead atoms. The van der Waals surface area contributed by atoms with Crippen LogP contribution in [-0.2, 0) is 4.79 Å². The van der Waals surface area contributed by atoms with Crippen molar-refractivity contribution in [3.8, 4) is 0 Å². The van der Waals surface area contributed by atoms with E-state index in [4.69, 9.17) is 11.6 Å². The average molecular weight is 359 g/mol. The van der Waals surface area contributed by atoms with Crippen molar-refractivity contribution in [3.63, 3.8) is 0 Å². The molecule has 2 heterocycles. The molecule has 130 valence electrons. The molecule has 0 spiro atoms. The number of amides is 2. The van der Waals surface area contributed by atoms with Crippen molar-refractivity contribution in [2.75, 3.05) is 37.6 Å². The molecular formula is C18H19ClN4O2. The molecule has 1 aromatic heterocycles. The van der Waals surface area contributed by atoms with Crippen LogP contribution in [0.15, 0.2) is 48.8 Å². The van der Waals surface area contributed by atoms with Crippen molar-refractivity contribution in [2.24, 2.45) is 0 Å². The predicted molar refractivity (Wildman–Crippen MR) is 96.8 cm³/mol. The Morgan fingerprint density at radius 2 is 1.72 bits per heavy atom. The first kappa shape index (κ1) is 17.2. The SMILES string of the molecule is O=C(NCC(=O)N1CCN(c2ccncc2)CC1)c1ccccc1Cl. The Hall–Kier alpha value is -2.60. The summed E-state index contributed by atoms with van der Waals surface area (Å²) in [6.45, 7) is 2.74. The van der Waals surface area contributed by atoms with Gasteiger partial charge < -0.3 is 15.1 Å². The molecular weight excluding hydrogens is 340 g/mol. The van der Waals surface area contributed by atoms with Crippen LogP contribution in [0.25, 0.3) is 0 Å². The molecule has 0 aliphatic carbocycles. The Kier molecular flexibility index (Phi) is 5.50. The standard InChI is InChI=1S/C18H19ClN4O2/c19-16-4-2-1-3-15(16)18(25)21-13-17(24)23-11-9-22(10-12-23)14-5-7-20-8-6-14/h1-8H,9-13H2,(H,21,25). The van der Waals surface area contributed by atoms with E-state index in [1.165, 1.54) is 0 Å². The summed E-state index contributed by atoms with van der Waals surface area (Å²) in [6.07, 6.45) is 3.52. The van der Waals surface area contributed by atoms with Gasteiger partial charge in [-0.3, -0.25) is 14.6 Å². The Morgan fingerprint density at radius 1 is 1.04 bits per heavy atom. The Balaban J connectivity index is 1.48. The molecule has 1 aliphatic heterocycles. The highest BCUT2D eigenvalue weighted by Gasteiger charge is 2.21. The van der Waals surface area contributed by atoms with Crippen molar-refractivity contribution in [3.05, 3.63) is 59.4 Å². The monoisotopic (exact) mass is 358 g/mol. The molecule has 0 unspecified atom stereocenters. The van der Waals surface area contributed by atoms with Crippen molar-refractivity contribution in [2.45, 2.75) is 0 Å². The number of hydrogen-bond donors (Lipinski definition) is 1. The number of carbonyl (C=O) groups is 2. The Labute approximate surface area is 151 Å². The molecule has 3 rings (SSSR count). The van der Waals surface area contributed by atoms with Gasteiger partial charge in [0.25, 0.3) is 5.91 Å². The number of anilines is 1. The third-order valence-electron chi connectivity index (χ3n) is 4.18. The van der Waals surface area contributed by atoms with Crippen LogP contribution >= 0.6 is 11.6 Å². The van der Waals surface area contributed by atoms with Crippen LogP contribution in [0.4, 0.5) is 5.69 Å². The molecule has 1 fully saturated rings. The third-order valence-corrected chi connectivity index (χ3v) is 4.51. The van der Waals surface area contributed by atoms with Crippen molar-refractivity contribution in [1.29, 1.82) is 0 Å². The number of hydrogen-bond acceptors (Lipinski definition) is 4. The highest BCUT2D eigenvalue weighted by atomic mass is 35.5. The maximum Gasteiger partial charge on any atom is 0.253 e. The van der Waals surface area contributed by atoms with Gasteiger partial charge in [0, 0.05) is 44.3 Å². The molecule has 1 aromatic carbocycles. The summed E-state index contributed by atoms with van der Waals surface area (Å²) >= 11 is 5.99. The molecule has 7 heteroatoms. The first-order chi connectivity index (χ1) is 12.1. The predicted octanol–water partition coefficient (Wildman–Crippen LogP) is 1.81. The van der Waals surface area contributed by atoms with Crippen LogP contribution in [0, 0.1) is 0 Å².